The van der Waals surface area contributed by atoms with Crippen molar-refractivity contribution in [1.82, 2.24) is 9.80 Å². The molecule has 2 fully saturated rings. The maximum atomic E-state index is 12.3. The Balaban J connectivity index is 1.51. The van der Waals surface area contributed by atoms with E-state index in [0.717, 1.165) is 62.8 Å². The van der Waals surface area contributed by atoms with E-state index in [0.29, 0.717) is 0 Å². The van der Waals surface area contributed by atoms with Crippen LogP contribution in [0.2, 0.25) is 5.02 Å². The molecule has 5 heteroatoms. The zero-order valence-electron chi connectivity index (χ0n) is 12.1. The molecule has 0 aromatic heterocycles. The number of nitrogens with zero attached hydrogens (tertiary/aromatic N) is 2. The number of amides is 1. The predicted molar refractivity (Wildman–Crippen MR) is 82.3 cm³/mol. The largest absolute Gasteiger partial charge is 0.368 e. The van der Waals surface area contributed by atoms with Gasteiger partial charge in [-0.25, -0.2) is 0 Å². The lowest BCUT2D eigenvalue weighted by atomic mass is 10.1. The van der Waals surface area contributed by atoms with Crippen LogP contribution in [0.3, 0.4) is 0 Å². The van der Waals surface area contributed by atoms with E-state index in [1.807, 2.05) is 23.1 Å². The summed E-state index contributed by atoms with van der Waals surface area (Å²) in [6.07, 6.45) is 1.68. The first-order chi connectivity index (χ1) is 10.2. The average molecular weight is 309 g/mol. The molecular weight excluding hydrogens is 288 g/mol. The second-order valence-corrected chi connectivity index (χ2v) is 6.10. The molecule has 2 aliphatic rings. The molecule has 1 aromatic rings. The van der Waals surface area contributed by atoms with Gasteiger partial charge in [0.05, 0.1) is 0 Å². The smallest absolute Gasteiger partial charge is 0.251 e. The molecule has 1 atom stereocenters. The van der Waals surface area contributed by atoms with Crippen molar-refractivity contribution in [1.29, 1.82) is 0 Å². The Morgan fingerprint density at radius 2 is 2.00 bits per heavy atom. The van der Waals surface area contributed by atoms with Crippen LogP contribution < -0.4 is 0 Å². The van der Waals surface area contributed by atoms with Crippen molar-refractivity contribution in [2.45, 2.75) is 25.5 Å². The monoisotopic (exact) mass is 308 g/mol. The quantitative estimate of drug-likeness (QED) is 0.858. The molecule has 4 nitrogen and oxygen atoms in total. The molecule has 2 aliphatic heterocycles. The van der Waals surface area contributed by atoms with Crippen molar-refractivity contribution in [3.05, 3.63) is 34.9 Å². The summed E-state index contributed by atoms with van der Waals surface area (Å²) in [6, 6.07) is 7.95. The van der Waals surface area contributed by atoms with Crippen LogP contribution in [0.25, 0.3) is 0 Å². The number of piperazine rings is 1. The molecule has 0 N–H and O–H groups in total. The number of hydrogen-bond donors (Lipinski definition) is 0. The highest BCUT2D eigenvalue weighted by Crippen LogP contribution is 2.19. The van der Waals surface area contributed by atoms with Crippen LogP contribution in [0, 0.1) is 0 Å². The molecule has 0 spiro atoms. The average Bonchev–Trinajstić information content (AvgIpc) is 3.04. The fourth-order valence-electron chi connectivity index (χ4n) is 2.97. The zero-order chi connectivity index (χ0) is 14.7. The van der Waals surface area contributed by atoms with E-state index in [1.54, 1.807) is 0 Å². The van der Waals surface area contributed by atoms with E-state index in [9.17, 15) is 4.79 Å². The number of benzene rings is 1. The van der Waals surface area contributed by atoms with Crippen LogP contribution in [0.15, 0.2) is 24.3 Å². The SMILES string of the molecule is O=C(C1CCCO1)N1CCN(Cc2ccccc2Cl)CC1. The molecular formula is C16H21ClN2O2. The fraction of sp³-hybridized carbons (Fsp3) is 0.562. The van der Waals surface area contributed by atoms with E-state index < -0.39 is 0 Å². The van der Waals surface area contributed by atoms with Gasteiger partial charge >= 0.3 is 0 Å². The van der Waals surface area contributed by atoms with Crippen molar-refractivity contribution in [3.63, 3.8) is 0 Å². The van der Waals surface area contributed by atoms with Gasteiger partial charge in [0, 0.05) is 44.4 Å². The molecule has 1 aromatic carbocycles. The third-order valence-corrected chi connectivity index (χ3v) is 4.61. The minimum atomic E-state index is -0.194. The van der Waals surface area contributed by atoms with Gasteiger partial charge in [-0.15, -0.1) is 0 Å². The summed E-state index contributed by atoms with van der Waals surface area (Å²) in [4.78, 5) is 16.6. The number of hydrogen-bond acceptors (Lipinski definition) is 3. The number of rotatable bonds is 3. The van der Waals surface area contributed by atoms with Crippen LogP contribution in [-0.2, 0) is 16.1 Å². The summed E-state index contributed by atoms with van der Waals surface area (Å²) >= 11 is 6.20. The lowest BCUT2D eigenvalue weighted by Crippen LogP contribution is -2.51. The maximum absolute atomic E-state index is 12.3. The van der Waals surface area contributed by atoms with E-state index >= 15 is 0 Å². The minimum Gasteiger partial charge on any atom is -0.368 e. The Labute approximate surface area is 130 Å². The van der Waals surface area contributed by atoms with Gasteiger partial charge in [-0.2, -0.15) is 0 Å². The molecule has 0 saturated carbocycles. The summed E-state index contributed by atoms with van der Waals surface area (Å²) in [5.41, 5.74) is 1.15. The first-order valence-electron chi connectivity index (χ1n) is 7.60. The van der Waals surface area contributed by atoms with E-state index in [4.69, 9.17) is 16.3 Å². The molecule has 21 heavy (non-hydrogen) atoms. The van der Waals surface area contributed by atoms with E-state index in [2.05, 4.69) is 11.0 Å². The van der Waals surface area contributed by atoms with Gasteiger partial charge in [0.2, 0.25) is 0 Å². The topological polar surface area (TPSA) is 32.8 Å². The number of carbonyl (C=O) groups is 1. The molecule has 3 rings (SSSR count). The summed E-state index contributed by atoms with van der Waals surface area (Å²) in [5, 5.41) is 0.815. The van der Waals surface area contributed by atoms with E-state index in [1.165, 1.54) is 0 Å². The standard InChI is InChI=1S/C16H21ClN2O2/c17-14-5-2-1-4-13(14)12-18-7-9-19(10-8-18)16(20)15-6-3-11-21-15/h1-2,4-5,15H,3,6-12H2. The second kappa shape index (κ2) is 6.77. The van der Waals surface area contributed by atoms with Gasteiger partial charge in [0.15, 0.2) is 0 Å². The van der Waals surface area contributed by atoms with Gasteiger partial charge < -0.3 is 9.64 Å². The lowest BCUT2D eigenvalue weighted by molar-refractivity contribution is -0.142. The van der Waals surface area contributed by atoms with Crippen LogP contribution in [0.1, 0.15) is 18.4 Å². The Bertz CT molecular complexity index is 495. The van der Waals surface area contributed by atoms with Crippen molar-refractivity contribution in [2.24, 2.45) is 0 Å². The first kappa shape index (κ1) is 14.8. The maximum Gasteiger partial charge on any atom is 0.251 e. The van der Waals surface area contributed by atoms with Crippen LogP contribution in [0.5, 0.6) is 0 Å². The Morgan fingerprint density at radius 3 is 2.67 bits per heavy atom. The van der Waals surface area contributed by atoms with Crippen molar-refractivity contribution in [3.8, 4) is 0 Å². The van der Waals surface area contributed by atoms with Crippen LogP contribution in [-0.4, -0.2) is 54.6 Å². The number of ether oxygens (including phenoxy) is 1. The first-order valence-corrected chi connectivity index (χ1v) is 7.98. The van der Waals surface area contributed by atoms with Crippen molar-refractivity contribution >= 4 is 17.5 Å². The number of carbonyl (C=O) groups excluding carboxylic acids is 1. The van der Waals surface area contributed by atoms with Crippen molar-refractivity contribution in [2.75, 3.05) is 32.8 Å². The van der Waals surface area contributed by atoms with Gasteiger partial charge in [0.1, 0.15) is 6.10 Å². The van der Waals surface area contributed by atoms with Gasteiger partial charge in [-0.1, -0.05) is 29.8 Å². The summed E-state index contributed by atoms with van der Waals surface area (Å²) in [6.45, 7) is 4.92. The minimum absolute atomic E-state index is 0.171. The van der Waals surface area contributed by atoms with Crippen LogP contribution in [0.4, 0.5) is 0 Å². The molecule has 0 bridgehead atoms. The molecule has 1 unspecified atom stereocenters. The molecule has 114 valence electrons. The second-order valence-electron chi connectivity index (χ2n) is 5.69. The normalized spacial score (nSPS) is 23.5. The fourth-order valence-corrected chi connectivity index (χ4v) is 3.17. The lowest BCUT2D eigenvalue weighted by Gasteiger charge is -2.35. The van der Waals surface area contributed by atoms with Gasteiger partial charge in [-0.05, 0) is 24.5 Å². The van der Waals surface area contributed by atoms with Crippen LogP contribution >= 0.6 is 11.6 Å². The molecule has 1 amide bonds. The van der Waals surface area contributed by atoms with Crippen molar-refractivity contribution < 1.29 is 9.53 Å². The molecule has 0 aliphatic carbocycles. The highest BCUT2D eigenvalue weighted by Gasteiger charge is 2.30. The Kier molecular flexibility index (Phi) is 4.78. The summed E-state index contributed by atoms with van der Waals surface area (Å²) in [5.74, 6) is 0.171. The summed E-state index contributed by atoms with van der Waals surface area (Å²) in [7, 11) is 0. The third-order valence-electron chi connectivity index (χ3n) is 4.24. The molecule has 0 radical (unpaired) electrons. The highest BCUT2D eigenvalue weighted by molar-refractivity contribution is 6.31. The zero-order valence-corrected chi connectivity index (χ0v) is 12.9. The Hall–Kier alpha value is -1.10. The van der Waals surface area contributed by atoms with Gasteiger partial charge in [0.25, 0.3) is 5.91 Å². The van der Waals surface area contributed by atoms with Gasteiger partial charge in [-0.3, -0.25) is 9.69 Å². The highest BCUT2D eigenvalue weighted by atomic mass is 35.5. The predicted octanol–water partition coefficient (Wildman–Crippen LogP) is 2.16. The molecule has 2 saturated heterocycles. The van der Waals surface area contributed by atoms with E-state index in [-0.39, 0.29) is 12.0 Å². The Morgan fingerprint density at radius 1 is 1.24 bits per heavy atom. The molecule has 2 heterocycles. The third kappa shape index (κ3) is 3.57. The summed E-state index contributed by atoms with van der Waals surface area (Å²) < 4.78 is 5.48. The number of halogens is 1.